The van der Waals surface area contributed by atoms with Gasteiger partial charge < -0.3 is 20.4 Å². The van der Waals surface area contributed by atoms with Gasteiger partial charge in [0.1, 0.15) is 11.5 Å². The molecule has 8 heteroatoms. The molecule has 90 valence electrons. The lowest BCUT2D eigenvalue weighted by Gasteiger charge is -1.88. The Morgan fingerprint density at radius 2 is 0.938 bits per heavy atom. The van der Waals surface area contributed by atoms with Crippen LogP contribution >= 0.6 is 23.2 Å². The van der Waals surface area contributed by atoms with Crippen molar-refractivity contribution in [2.75, 3.05) is 0 Å². The van der Waals surface area contributed by atoms with Crippen molar-refractivity contribution in [3.05, 3.63) is 24.3 Å². The second-order valence-corrected chi connectivity index (χ2v) is 2.67. The first kappa shape index (κ1) is 16.8. The first-order chi connectivity index (χ1) is 7.25. The van der Waals surface area contributed by atoms with E-state index in [0.29, 0.717) is 0 Å². The predicted octanol–water partition coefficient (Wildman–Crippen LogP) is 2.90. The molecule has 0 saturated carbocycles. The highest BCUT2D eigenvalue weighted by atomic mass is 35.5. The van der Waals surface area contributed by atoms with Crippen LogP contribution in [-0.4, -0.2) is 31.3 Å². The van der Waals surface area contributed by atoms with Gasteiger partial charge in [-0.25, -0.2) is 9.59 Å². The molecule has 1 aromatic carbocycles. The van der Waals surface area contributed by atoms with Gasteiger partial charge in [-0.05, 0) is 24.3 Å². The van der Waals surface area contributed by atoms with Crippen LogP contribution in [-0.2, 0) is 0 Å². The van der Waals surface area contributed by atoms with Gasteiger partial charge in [-0.3, -0.25) is 0 Å². The highest BCUT2D eigenvalue weighted by Gasteiger charge is 1.84. The van der Waals surface area contributed by atoms with Gasteiger partial charge >= 0.3 is 10.9 Å². The van der Waals surface area contributed by atoms with Crippen molar-refractivity contribution in [3.63, 3.8) is 0 Å². The zero-order chi connectivity index (χ0) is 13.1. The molecule has 0 spiro atoms. The van der Waals surface area contributed by atoms with E-state index in [0.717, 1.165) is 0 Å². The van der Waals surface area contributed by atoms with Crippen molar-refractivity contribution in [2.45, 2.75) is 0 Å². The summed E-state index contributed by atoms with van der Waals surface area (Å²) in [5.41, 5.74) is -2.72. The molecule has 0 unspecified atom stereocenters. The predicted molar refractivity (Wildman–Crippen MR) is 57.5 cm³/mol. The Bertz CT molecular complexity index is 283. The number of carboxylic acid groups (broad SMARTS) is 2. The van der Waals surface area contributed by atoms with Crippen molar-refractivity contribution >= 4 is 34.1 Å². The topological polar surface area (TPSA) is 115 Å². The highest BCUT2D eigenvalue weighted by Crippen LogP contribution is 2.13. The van der Waals surface area contributed by atoms with Gasteiger partial charge in [-0.1, -0.05) is 0 Å². The Labute approximate surface area is 100 Å². The lowest BCUT2D eigenvalue weighted by atomic mass is 10.3. The van der Waals surface area contributed by atoms with Crippen LogP contribution in [0.2, 0.25) is 0 Å². The maximum Gasteiger partial charge on any atom is 0.401 e. The van der Waals surface area contributed by atoms with Crippen LogP contribution in [0.25, 0.3) is 0 Å². The summed E-state index contributed by atoms with van der Waals surface area (Å²) in [6.45, 7) is 0. The summed E-state index contributed by atoms with van der Waals surface area (Å²) in [7, 11) is 0. The largest absolute Gasteiger partial charge is 0.508 e. The monoisotopic (exact) mass is 270 g/mol. The summed E-state index contributed by atoms with van der Waals surface area (Å²) >= 11 is 8.38. The second kappa shape index (κ2) is 9.88. The van der Waals surface area contributed by atoms with Crippen LogP contribution in [0.5, 0.6) is 11.5 Å². The minimum absolute atomic E-state index is 0.169. The first-order valence-electron chi connectivity index (χ1n) is 3.50. The molecule has 0 amide bonds. The number of halogens is 2. The number of phenols is 2. The average Bonchev–Trinajstić information content (AvgIpc) is 2.08. The fourth-order valence-corrected chi connectivity index (χ4v) is 0.453. The summed E-state index contributed by atoms with van der Waals surface area (Å²) in [5.74, 6) is 0.339. The summed E-state index contributed by atoms with van der Waals surface area (Å²) in [6.07, 6.45) is 0. The fourth-order valence-electron chi connectivity index (χ4n) is 0.453. The number of benzene rings is 1. The molecular weight excluding hydrogens is 263 g/mol. The van der Waals surface area contributed by atoms with Crippen molar-refractivity contribution in [1.29, 1.82) is 0 Å². The second-order valence-electron chi connectivity index (χ2n) is 2.02. The number of aromatic hydroxyl groups is 2. The molecule has 6 nitrogen and oxygen atoms in total. The molecular formula is C8H8Cl2O6. The zero-order valence-corrected chi connectivity index (χ0v) is 9.18. The van der Waals surface area contributed by atoms with E-state index in [4.69, 9.17) is 30.0 Å². The summed E-state index contributed by atoms with van der Waals surface area (Å²) in [4.78, 5) is 17.5. The Hall–Kier alpha value is -1.66. The number of hydrogen-bond donors (Lipinski definition) is 4. The standard InChI is InChI=1S/C6H6O2.2CHClO2/c7-5-1-2-6(8)4-3-5;2*2-1(3)4/h1-4,7-8H;2*(H,3,4). The quantitative estimate of drug-likeness (QED) is 0.426. The van der Waals surface area contributed by atoms with Gasteiger partial charge in [0.2, 0.25) is 0 Å². The van der Waals surface area contributed by atoms with E-state index < -0.39 is 10.9 Å². The van der Waals surface area contributed by atoms with Crippen LogP contribution in [0.3, 0.4) is 0 Å². The molecule has 0 aliphatic carbocycles. The molecule has 0 aromatic heterocycles. The Morgan fingerprint density at radius 1 is 0.812 bits per heavy atom. The van der Waals surface area contributed by atoms with Crippen molar-refractivity contribution in [1.82, 2.24) is 0 Å². The molecule has 0 radical (unpaired) electrons. The third-order valence-corrected chi connectivity index (χ3v) is 0.850. The minimum Gasteiger partial charge on any atom is -0.508 e. The van der Waals surface area contributed by atoms with Gasteiger partial charge in [0.15, 0.2) is 0 Å². The smallest absolute Gasteiger partial charge is 0.401 e. The van der Waals surface area contributed by atoms with E-state index in [1.165, 1.54) is 24.3 Å². The van der Waals surface area contributed by atoms with E-state index in [1.807, 2.05) is 0 Å². The average molecular weight is 271 g/mol. The fraction of sp³-hybridized carbons (Fsp3) is 0. The number of rotatable bonds is 0. The number of hydrogen-bond acceptors (Lipinski definition) is 4. The summed E-state index contributed by atoms with van der Waals surface area (Å²) in [5, 5.41) is 31.7. The minimum atomic E-state index is -1.36. The number of carbonyl (C=O) groups is 2. The van der Waals surface area contributed by atoms with E-state index in [9.17, 15) is 0 Å². The molecule has 0 saturated heterocycles. The number of phenolic OH excluding ortho intramolecular Hbond substituents is 2. The van der Waals surface area contributed by atoms with E-state index in [2.05, 4.69) is 23.2 Å². The van der Waals surface area contributed by atoms with E-state index in [1.54, 1.807) is 0 Å². The normalized spacial score (nSPS) is 7.62. The molecule has 1 rings (SSSR count). The van der Waals surface area contributed by atoms with Crippen LogP contribution in [0, 0.1) is 0 Å². The van der Waals surface area contributed by atoms with Gasteiger partial charge in [0, 0.05) is 23.2 Å². The third-order valence-electron chi connectivity index (χ3n) is 0.850. The van der Waals surface area contributed by atoms with Crippen molar-refractivity contribution < 1.29 is 30.0 Å². The Morgan fingerprint density at radius 3 is 1.06 bits per heavy atom. The van der Waals surface area contributed by atoms with Gasteiger partial charge in [0.05, 0.1) is 0 Å². The maximum absolute atomic E-state index is 8.77. The third kappa shape index (κ3) is 22.8. The van der Waals surface area contributed by atoms with Gasteiger partial charge in [-0.15, -0.1) is 0 Å². The summed E-state index contributed by atoms with van der Waals surface area (Å²) < 4.78 is 0. The van der Waals surface area contributed by atoms with Crippen LogP contribution in [0.1, 0.15) is 0 Å². The van der Waals surface area contributed by atoms with Crippen molar-refractivity contribution in [2.24, 2.45) is 0 Å². The Balaban J connectivity index is 0. The summed E-state index contributed by atoms with van der Waals surface area (Å²) in [6, 6.07) is 5.70. The molecule has 0 aliphatic rings. The molecule has 0 fully saturated rings. The van der Waals surface area contributed by atoms with Crippen molar-refractivity contribution in [3.8, 4) is 11.5 Å². The lowest BCUT2D eigenvalue weighted by molar-refractivity contribution is 0.219. The molecule has 0 atom stereocenters. The lowest BCUT2D eigenvalue weighted by Crippen LogP contribution is -1.66. The molecule has 4 N–H and O–H groups in total. The van der Waals surface area contributed by atoms with E-state index in [-0.39, 0.29) is 11.5 Å². The van der Waals surface area contributed by atoms with E-state index >= 15 is 0 Å². The maximum atomic E-state index is 8.77. The Kier molecular flexibility index (Phi) is 10.3. The zero-order valence-electron chi connectivity index (χ0n) is 7.67. The van der Waals surface area contributed by atoms with Gasteiger partial charge in [-0.2, -0.15) is 0 Å². The SMILES string of the molecule is O=C(O)Cl.O=C(O)Cl.Oc1ccc(O)cc1. The van der Waals surface area contributed by atoms with Crippen LogP contribution in [0.15, 0.2) is 24.3 Å². The first-order valence-corrected chi connectivity index (χ1v) is 4.26. The van der Waals surface area contributed by atoms with Crippen LogP contribution < -0.4 is 0 Å². The molecule has 0 heterocycles. The van der Waals surface area contributed by atoms with Gasteiger partial charge in [0.25, 0.3) is 0 Å². The molecule has 0 bridgehead atoms. The molecule has 16 heavy (non-hydrogen) atoms. The highest BCUT2D eigenvalue weighted by molar-refractivity contribution is 6.60. The molecule has 1 aromatic rings. The van der Waals surface area contributed by atoms with Crippen LogP contribution in [0.4, 0.5) is 9.59 Å². The molecule has 0 aliphatic heterocycles.